The van der Waals surface area contributed by atoms with Crippen LogP contribution in [0.4, 0.5) is 0 Å². The highest BCUT2D eigenvalue weighted by molar-refractivity contribution is 7.99. The van der Waals surface area contributed by atoms with Crippen molar-refractivity contribution in [2.24, 2.45) is 10.8 Å². The molecule has 0 atom stereocenters. The summed E-state index contributed by atoms with van der Waals surface area (Å²) in [5.74, 6) is 0.888. The molecule has 0 radical (unpaired) electrons. The molecule has 3 rings (SSSR count). The summed E-state index contributed by atoms with van der Waals surface area (Å²) < 4.78 is 29.3. The number of H-pyrrole nitrogens is 1. The molecule has 0 saturated carbocycles. The Labute approximate surface area is 272 Å². The van der Waals surface area contributed by atoms with Crippen LogP contribution >= 0.6 is 24.0 Å². The van der Waals surface area contributed by atoms with Gasteiger partial charge in [0.25, 0.3) is 10.1 Å². The third-order valence-electron chi connectivity index (χ3n) is 5.21. The van der Waals surface area contributed by atoms with Gasteiger partial charge in [0.15, 0.2) is 0 Å². The number of aliphatic hydroxyl groups is 2. The fourth-order valence-corrected chi connectivity index (χ4v) is 4.53. The van der Waals surface area contributed by atoms with Crippen molar-refractivity contribution >= 4 is 34.1 Å². The lowest BCUT2D eigenvalue weighted by atomic mass is 9.97. The predicted octanol–water partition coefficient (Wildman–Crippen LogP) is 8.82. The van der Waals surface area contributed by atoms with Crippen molar-refractivity contribution in [3.63, 3.8) is 0 Å². The summed E-state index contributed by atoms with van der Waals surface area (Å²) >= 11 is 6.51. The number of aromatic nitrogens is 2. The Balaban J connectivity index is -0.000000266. The number of nitrogens with zero attached hydrogens (tertiary/aromatic N) is 1. The average molecular weight is 659 g/mol. The number of benzene rings is 1. The standard InChI is InChI=1S/C12H18O4S.C11H17NOS.C6H7NS.4CH4/c1-10-4-6-11(7-5-10)17(14,15)16-9-12(2,3)8-13;1-9-4-5-10(12-6-9)14-8-11(2,3)7-13;1-5-2-3-6(8)7-4-5;;;;/h4-7,13H,8-9H2,1-3H3;4-6,13H,7-8H2,1-3H3;2-4H,1H3,(H,7,8);4*1H4. The lowest BCUT2D eigenvalue weighted by Gasteiger charge is -2.20. The van der Waals surface area contributed by atoms with Crippen molar-refractivity contribution in [1.29, 1.82) is 0 Å². The van der Waals surface area contributed by atoms with Crippen LogP contribution in [-0.4, -0.2) is 54.2 Å². The van der Waals surface area contributed by atoms with Gasteiger partial charge in [-0.15, -0.1) is 11.8 Å². The van der Waals surface area contributed by atoms with E-state index in [-0.39, 0.29) is 59.8 Å². The van der Waals surface area contributed by atoms with Crippen molar-refractivity contribution < 1.29 is 22.8 Å². The number of hydrogen-bond donors (Lipinski definition) is 3. The van der Waals surface area contributed by atoms with Gasteiger partial charge in [0.1, 0.15) is 4.64 Å². The molecule has 7 nitrogen and oxygen atoms in total. The molecule has 0 bridgehead atoms. The van der Waals surface area contributed by atoms with E-state index in [1.54, 1.807) is 37.7 Å². The van der Waals surface area contributed by atoms with Crippen LogP contribution in [0.1, 0.15) is 74.1 Å². The van der Waals surface area contributed by atoms with E-state index in [4.69, 9.17) is 26.6 Å². The van der Waals surface area contributed by atoms with Crippen molar-refractivity contribution in [2.45, 2.75) is 88.1 Å². The van der Waals surface area contributed by atoms with Gasteiger partial charge in [-0.3, -0.25) is 4.18 Å². The first kappa shape index (κ1) is 47.8. The number of aromatic amines is 1. The quantitative estimate of drug-likeness (QED) is 0.119. The number of thioether (sulfide) groups is 1. The fourth-order valence-electron chi connectivity index (χ4n) is 2.40. The maximum Gasteiger partial charge on any atom is 0.296 e. The minimum Gasteiger partial charge on any atom is -0.396 e. The van der Waals surface area contributed by atoms with Gasteiger partial charge in [-0.2, -0.15) is 8.42 Å². The van der Waals surface area contributed by atoms with Gasteiger partial charge in [0.05, 0.1) is 23.1 Å². The molecule has 3 aromatic rings. The van der Waals surface area contributed by atoms with E-state index in [0.29, 0.717) is 0 Å². The number of hydrogen-bond acceptors (Lipinski definition) is 8. The Morgan fingerprint density at radius 2 is 1.33 bits per heavy atom. The van der Waals surface area contributed by atoms with Crippen LogP contribution in [0, 0.1) is 36.2 Å². The molecule has 0 amide bonds. The molecule has 0 aliphatic heterocycles. The lowest BCUT2D eigenvalue weighted by molar-refractivity contribution is 0.101. The summed E-state index contributed by atoms with van der Waals surface area (Å²) in [6.07, 6.45) is 3.76. The van der Waals surface area contributed by atoms with Crippen LogP contribution in [0.5, 0.6) is 0 Å². The summed E-state index contributed by atoms with van der Waals surface area (Å²) in [5.41, 5.74) is 2.77. The number of rotatable bonds is 9. The van der Waals surface area contributed by atoms with Crippen LogP contribution in [0.2, 0.25) is 0 Å². The van der Waals surface area contributed by atoms with Crippen LogP contribution < -0.4 is 0 Å². The molecule has 0 unspecified atom stereocenters. The van der Waals surface area contributed by atoms with E-state index in [2.05, 4.69) is 16.0 Å². The average Bonchev–Trinajstić information content (AvgIpc) is 2.90. The van der Waals surface area contributed by atoms with Gasteiger partial charge < -0.3 is 15.2 Å². The molecule has 0 spiro atoms. The first-order valence-corrected chi connectivity index (χ1v) is 15.3. The Morgan fingerprint density at radius 3 is 1.74 bits per heavy atom. The van der Waals surface area contributed by atoms with Crippen LogP contribution in [-0.2, 0) is 14.3 Å². The molecule has 0 aliphatic carbocycles. The molecule has 2 heterocycles. The van der Waals surface area contributed by atoms with E-state index in [0.717, 1.165) is 21.0 Å². The first-order valence-electron chi connectivity index (χ1n) is 12.5. The molecule has 10 heteroatoms. The molecular weight excluding hydrogens is 601 g/mol. The second-order valence-electron chi connectivity index (χ2n) is 10.9. The third-order valence-corrected chi connectivity index (χ3v) is 8.20. The molecule has 0 saturated heterocycles. The normalized spacial score (nSPS) is 10.5. The summed E-state index contributed by atoms with van der Waals surface area (Å²) in [5, 5.41) is 19.1. The van der Waals surface area contributed by atoms with E-state index in [9.17, 15) is 8.42 Å². The van der Waals surface area contributed by atoms with Gasteiger partial charge in [0, 0.05) is 30.2 Å². The molecular formula is C33H58N2O5S3. The molecule has 0 fully saturated rings. The number of aryl methyl sites for hydroxylation is 3. The Kier molecular flexibility index (Phi) is 25.0. The Morgan fingerprint density at radius 1 is 0.814 bits per heavy atom. The van der Waals surface area contributed by atoms with E-state index >= 15 is 0 Å². The smallest absolute Gasteiger partial charge is 0.296 e. The zero-order valence-corrected chi connectivity index (χ0v) is 26.3. The number of nitrogens with one attached hydrogen (secondary N) is 1. The van der Waals surface area contributed by atoms with Crippen molar-refractivity contribution in [3.05, 3.63) is 82.3 Å². The van der Waals surface area contributed by atoms with Crippen molar-refractivity contribution in [2.75, 3.05) is 25.6 Å². The maximum absolute atomic E-state index is 11.8. The summed E-state index contributed by atoms with van der Waals surface area (Å²) in [4.78, 5) is 7.35. The van der Waals surface area contributed by atoms with Gasteiger partial charge in [-0.25, -0.2) is 4.98 Å². The van der Waals surface area contributed by atoms with Gasteiger partial charge >= 0.3 is 0 Å². The Bertz CT molecular complexity index is 1270. The third kappa shape index (κ3) is 20.5. The van der Waals surface area contributed by atoms with Crippen molar-refractivity contribution in [1.82, 2.24) is 9.97 Å². The van der Waals surface area contributed by atoms with Crippen LogP contribution in [0.3, 0.4) is 0 Å². The second-order valence-corrected chi connectivity index (χ2v) is 13.9. The zero-order valence-electron chi connectivity index (χ0n) is 23.9. The van der Waals surface area contributed by atoms with Crippen LogP contribution in [0.25, 0.3) is 0 Å². The topological polar surface area (TPSA) is 113 Å². The minimum atomic E-state index is -3.73. The second kappa shape index (κ2) is 22.4. The molecule has 248 valence electrons. The highest BCUT2D eigenvalue weighted by Gasteiger charge is 2.23. The van der Waals surface area contributed by atoms with E-state index in [1.807, 2.05) is 65.2 Å². The molecule has 43 heavy (non-hydrogen) atoms. The lowest BCUT2D eigenvalue weighted by Crippen LogP contribution is -2.25. The number of pyridine rings is 2. The molecule has 0 aliphatic rings. The maximum atomic E-state index is 11.8. The molecule has 1 aromatic carbocycles. The monoisotopic (exact) mass is 658 g/mol. The largest absolute Gasteiger partial charge is 0.396 e. The molecule has 3 N–H and O–H groups in total. The SMILES string of the molecule is C.C.C.C.Cc1ccc(=S)[nH]c1.Cc1ccc(S(=O)(=O)OCC(C)(C)CO)cc1.Cc1ccc(SCC(C)(C)CO)nc1. The minimum absolute atomic E-state index is 0. The number of aliphatic hydroxyl groups excluding tert-OH is 2. The van der Waals surface area contributed by atoms with Crippen molar-refractivity contribution in [3.8, 4) is 0 Å². The highest BCUT2D eigenvalue weighted by Crippen LogP contribution is 2.25. The van der Waals surface area contributed by atoms with E-state index in [1.165, 1.54) is 23.3 Å². The first-order chi connectivity index (χ1) is 18.1. The van der Waals surface area contributed by atoms with Crippen LogP contribution in [0.15, 0.2) is 70.8 Å². The van der Waals surface area contributed by atoms with E-state index < -0.39 is 15.5 Å². The van der Waals surface area contributed by atoms with Gasteiger partial charge in [-0.05, 0) is 61.6 Å². The molecule has 2 aromatic heterocycles. The summed E-state index contributed by atoms with van der Waals surface area (Å²) in [6.45, 7) is 13.5. The fraction of sp³-hybridized carbons (Fsp3) is 0.515. The predicted molar refractivity (Wildman–Crippen MR) is 189 cm³/mol. The van der Waals surface area contributed by atoms with Gasteiger partial charge in [-0.1, -0.05) is 99.4 Å². The summed E-state index contributed by atoms with van der Waals surface area (Å²) in [6, 6.07) is 14.4. The Hall–Kier alpha value is -2.08. The summed E-state index contributed by atoms with van der Waals surface area (Å²) in [7, 11) is -3.73. The van der Waals surface area contributed by atoms with Gasteiger partial charge in [0.2, 0.25) is 0 Å². The highest BCUT2D eigenvalue weighted by atomic mass is 32.2. The zero-order chi connectivity index (χ0) is 29.7.